The molecule has 0 spiro atoms. The first kappa shape index (κ1) is 23.0. The number of morpholine rings is 1. The number of aromatic hydroxyl groups is 1. The van der Waals surface area contributed by atoms with Crippen molar-refractivity contribution in [2.45, 2.75) is 65.3 Å². The molecule has 0 radical (unpaired) electrons. The first-order valence-electron chi connectivity index (χ1n) is 11.4. The Kier molecular flexibility index (Phi) is 6.29. The van der Waals surface area contributed by atoms with Crippen LogP contribution in [-0.2, 0) is 16.1 Å². The van der Waals surface area contributed by atoms with Gasteiger partial charge in [-0.25, -0.2) is 0 Å². The van der Waals surface area contributed by atoms with E-state index in [9.17, 15) is 19.5 Å². The molecule has 1 aliphatic carbocycles. The van der Waals surface area contributed by atoms with Gasteiger partial charge in [0.1, 0.15) is 5.65 Å². The number of hydrogen-bond donors (Lipinski definition) is 2. The summed E-state index contributed by atoms with van der Waals surface area (Å²) in [6, 6.07) is -0.00377. The van der Waals surface area contributed by atoms with Gasteiger partial charge in [0.25, 0.3) is 11.5 Å². The van der Waals surface area contributed by atoms with E-state index in [1.165, 1.54) is 16.8 Å². The lowest BCUT2D eigenvalue weighted by Crippen LogP contribution is -2.49. The van der Waals surface area contributed by atoms with Gasteiger partial charge in [0.05, 0.1) is 24.9 Å². The molecule has 2 amide bonds. The first-order chi connectivity index (χ1) is 15.7. The van der Waals surface area contributed by atoms with Crippen molar-refractivity contribution >= 4 is 23.5 Å². The second kappa shape index (κ2) is 9.01. The average Bonchev–Trinajstić information content (AvgIpc) is 3.46. The zero-order valence-electron chi connectivity index (χ0n) is 19.4. The zero-order chi connectivity index (χ0) is 23.9. The van der Waals surface area contributed by atoms with Gasteiger partial charge in [-0.1, -0.05) is 13.8 Å². The summed E-state index contributed by atoms with van der Waals surface area (Å²) in [4.78, 5) is 40.3. The van der Waals surface area contributed by atoms with E-state index in [4.69, 9.17) is 4.74 Å². The number of carbonyl (C=O) groups is 2. The van der Waals surface area contributed by atoms with Gasteiger partial charge in [-0.2, -0.15) is 9.61 Å². The fourth-order valence-electron chi connectivity index (χ4n) is 4.02. The molecule has 10 nitrogen and oxygen atoms in total. The number of aromatic nitrogens is 3. The number of carbonyl (C=O) groups excluding carboxylic acids is 2. The quantitative estimate of drug-likeness (QED) is 0.633. The van der Waals surface area contributed by atoms with Crippen LogP contribution in [0.3, 0.4) is 0 Å². The minimum Gasteiger partial charge on any atom is -0.494 e. The van der Waals surface area contributed by atoms with Crippen LogP contribution in [0.4, 0.5) is 0 Å². The van der Waals surface area contributed by atoms with E-state index >= 15 is 0 Å². The number of amides is 2. The van der Waals surface area contributed by atoms with Crippen LogP contribution in [0.1, 0.15) is 56.5 Å². The summed E-state index contributed by atoms with van der Waals surface area (Å²) in [6.45, 7) is 9.12. The SMILES string of the molecule is CC(C)Cn1c(O)c(C(=O)NC2CC2)c(=O)n2ncc(/C=C/C(=O)N3C[C@@H](C)OC[C@H]3C)c12. The van der Waals surface area contributed by atoms with Gasteiger partial charge in [-0.05, 0) is 38.7 Å². The molecule has 0 aromatic carbocycles. The Morgan fingerprint density at radius 1 is 1.33 bits per heavy atom. The van der Waals surface area contributed by atoms with Gasteiger partial charge in [0.2, 0.25) is 11.8 Å². The van der Waals surface area contributed by atoms with Crippen LogP contribution < -0.4 is 10.9 Å². The van der Waals surface area contributed by atoms with Crippen molar-refractivity contribution in [1.82, 2.24) is 24.4 Å². The van der Waals surface area contributed by atoms with Gasteiger partial charge in [0, 0.05) is 30.8 Å². The summed E-state index contributed by atoms with van der Waals surface area (Å²) in [7, 11) is 0. The van der Waals surface area contributed by atoms with Crippen LogP contribution in [0.15, 0.2) is 17.1 Å². The Hall–Kier alpha value is -3.14. The highest BCUT2D eigenvalue weighted by Crippen LogP contribution is 2.25. The maximum Gasteiger partial charge on any atom is 0.291 e. The second-order valence-electron chi connectivity index (χ2n) is 9.41. The van der Waals surface area contributed by atoms with Crippen LogP contribution in [0.5, 0.6) is 5.88 Å². The molecule has 10 heteroatoms. The lowest BCUT2D eigenvalue weighted by Gasteiger charge is -2.36. The third-order valence-electron chi connectivity index (χ3n) is 5.90. The van der Waals surface area contributed by atoms with Crippen LogP contribution in [0.25, 0.3) is 11.7 Å². The molecule has 2 aliphatic rings. The lowest BCUT2D eigenvalue weighted by molar-refractivity contribution is -0.137. The Morgan fingerprint density at radius 2 is 2.06 bits per heavy atom. The molecule has 33 heavy (non-hydrogen) atoms. The van der Waals surface area contributed by atoms with Crippen LogP contribution in [-0.4, -0.2) is 67.3 Å². The lowest BCUT2D eigenvalue weighted by atomic mass is 10.2. The molecule has 1 aliphatic heterocycles. The highest BCUT2D eigenvalue weighted by Gasteiger charge is 2.30. The summed E-state index contributed by atoms with van der Waals surface area (Å²) in [5, 5.41) is 17.9. The van der Waals surface area contributed by atoms with Gasteiger partial charge < -0.3 is 20.1 Å². The van der Waals surface area contributed by atoms with Crippen molar-refractivity contribution in [3.63, 3.8) is 0 Å². The molecule has 1 saturated carbocycles. The van der Waals surface area contributed by atoms with Crippen molar-refractivity contribution in [2.24, 2.45) is 5.92 Å². The van der Waals surface area contributed by atoms with Crippen molar-refractivity contribution in [3.8, 4) is 5.88 Å². The maximum atomic E-state index is 13.1. The molecule has 2 aromatic rings. The van der Waals surface area contributed by atoms with E-state index in [0.29, 0.717) is 30.9 Å². The smallest absolute Gasteiger partial charge is 0.291 e. The number of nitrogens with zero attached hydrogens (tertiary/aromatic N) is 4. The Morgan fingerprint density at radius 3 is 2.73 bits per heavy atom. The van der Waals surface area contributed by atoms with Gasteiger partial charge in [-0.3, -0.25) is 19.0 Å². The third-order valence-corrected chi connectivity index (χ3v) is 5.90. The fraction of sp³-hybridized carbons (Fsp3) is 0.565. The van der Waals surface area contributed by atoms with Crippen LogP contribution >= 0.6 is 0 Å². The molecular weight excluding hydrogens is 426 g/mol. The molecule has 2 atom stereocenters. The highest BCUT2D eigenvalue weighted by molar-refractivity contribution is 5.97. The number of nitrogens with one attached hydrogen (secondary N) is 1. The van der Waals surface area contributed by atoms with Crippen molar-refractivity contribution < 1.29 is 19.4 Å². The predicted octanol–water partition coefficient (Wildman–Crippen LogP) is 1.40. The van der Waals surface area contributed by atoms with E-state index in [2.05, 4.69) is 10.4 Å². The topological polar surface area (TPSA) is 118 Å². The monoisotopic (exact) mass is 457 g/mol. The summed E-state index contributed by atoms with van der Waals surface area (Å²) >= 11 is 0. The van der Waals surface area contributed by atoms with E-state index < -0.39 is 17.3 Å². The standard InChI is InChI=1S/C23H31N5O5/c1-13(2)10-27-21-16(5-8-18(29)26-11-15(4)33-12-14(26)3)9-24-28(21)23(32)19(22(27)31)20(30)25-17-6-7-17/h5,8-9,13-15,17,31H,6-7,10-12H2,1-4H3,(H,25,30)/b8-5+/t14-,15-/m1/s1. The van der Waals surface area contributed by atoms with Gasteiger partial charge in [-0.15, -0.1) is 0 Å². The maximum absolute atomic E-state index is 13.1. The third kappa shape index (κ3) is 4.66. The molecule has 2 aromatic heterocycles. The highest BCUT2D eigenvalue weighted by atomic mass is 16.5. The molecule has 2 fully saturated rings. The molecule has 0 bridgehead atoms. The van der Waals surface area contributed by atoms with Crippen molar-refractivity contribution in [2.75, 3.05) is 13.2 Å². The summed E-state index contributed by atoms with van der Waals surface area (Å²) in [5.41, 5.74) is -0.177. The summed E-state index contributed by atoms with van der Waals surface area (Å²) in [5.74, 6) is -1.04. The molecule has 4 rings (SSSR count). The average molecular weight is 458 g/mol. The van der Waals surface area contributed by atoms with Crippen LogP contribution in [0, 0.1) is 5.92 Å². The van der Waals surface area contributed by atoms with Crippen LogP contribution in [0.2, 0.25) is 0 Å². The molecular formula is C23H31N5O5. The normalized spacial score (nSPS) is 21.3. The molecule has 0 unspecified atom stereocenters. The molecule has 178 valence electrons. The fourth-order valence-corrected chi connectivity index (χ4v) is 4.02. The first-order valence-corrected chi connectivity index (χ1v) is 11.4. The molecule has 3 heterocycles. The van der Waals surface area contributed by atoms with Crippen molar-refractivity contribution in [1.29, 1.82) is 0 Å². The summed E-state index contributed by atoms with van der Waals surface area (Å²) in [6.07, 6.45) is 6.19. The Bertz CT molecular complexity index is 1160. The number of ether oxygens (including phenoxy) is 1. The number of rotatable bonds is 6. The van der Waals surface area contributed by atoms with E-state index in [0.717, 1.165) is 17.4 Å². The zero-order valence-corrected chi connectivity index (χ0v) is 19.4. The second-order valence-corrected chi connectivity index (χ2v) is 9.41. The minimum atomic E-state index is -0.692. The Labute approximate surface area is 191 Å². The van der Waals surface area contributed by atoms with Gasteiger partial charge in [0.15, 0.2) is 5.56 Å². The van der Waals surface area contributed by atoms with Crippen molar-refractivity contribution in [3.05, 3.63) is 33.8 Å². The van der Waals surface area contributed by atoms with E-state index in [1.54, 1.807) is 11.0 Å². The predicted molar refractivity (Wildman–Crippen MR) is 122 cm³/mol. The molecule has 2 N–H and O–H groups in total. The minimum absolute atomic E-state index is 0.0381. The van der Waals surface area contributed by atoms with Gasteiger partial charge >= 0.3 is 0 Å². The largest absolute Gasteiger partial charge is 0.494 e. The van der Waals surface area contributed by atoms with E-state index in [-0.39, 0.29) is 35.6 Å². The number of fused-ring (bicyclic) bond motifs is 1. The summed E-state index contributed by atoms with van der Waals surface area (Å²) < 4.78 is 8.22. The number of hydrogen-bond acceptors (Lipinski definition) is 6. The Balaban J connectivity index is 1.74. The molecule has 1 saturated heterocycles. The van der Waals surface area contributed by atoms with E-state index in [1.807, 2.05) is 27.7 Å².